The van der Waals surface area contributed by atoms with Crippen LogP contribution in [0.25, 0.3) is 11.3 Å². The summed E-state index contributed by atoms with van der Waals surface area (Å²) in [6.45, 7) is 3.34. The Kier molecular flexibility index (Phi) is 7.24. The molecule has 0 aliphatic carbocycles. The second-order valence-corrected chi connectivity index (χ2v) is 8.29. The minimum Gasteiger partial charge on any atom is -0.360 e. The summed E-state index contributed by atoms with van der Waals surface area (Å²) < 4.78 is 5.24. The van der Waals surface area contributed by atoms with Gasteiger partial charge in [0.1, 0.15) is 17.0 Å². The van der Waals surface area contributed by atoms with Crippen molar-refractivity contribution in [3.05, 3.63) is 99.5 Å². The molecule has 0 radical (unpaired) electrons. The van der Waals surface area contributed by atoms with Gasteiger partial charge in [0.2, 0.25) is 0 Å². The summed E-state index contributed by atoms with van der Waals surface area (Å²) in [5.74, 6) is -0.525. The van der Waals surface area contributed by atoms with Crippen molar-refractivity contribution in [2.45, 2.75) is 13.8 Å². The maximum atomic E-state index is 13.0. The number of nitrogens with one attached hydrogen (secondary N) is 2. The molecular formula is C25H19Cl2N5O3. The number of anilines is 1. The Morgan fingerprint density at radius 3 is 2.40 bits per heavy atom. The van der Waals surface area contributed by atoms with Crippen LogP contribution in [0.2, 0.25) is 10.0 Å². The molecule has 0 fully saturated rings. The SMILES string of the molecule is C/C(=N\NC(=O)c1c(-c2c(Cl)cccc2Cl)noc1C)c1cccc(NC(=O)c2cccnc2)c1. The maximum absolute atomic E-state index is 13.0. The number of nitrogens with zero attached hydrogens (tertiary/aromatic N) is 3. The summed E-state index contributed by atoms with van der Waals surface area (Å²) in [6.07, 6.45) is 3.08. The van der Waals surface area contributed by atoms with E-state index in [1.807, 2.05) is 6.07 Å². The van der Waals surface area contributed by atoms with Crippen LogP contribution < -0.4 is 10.7 Å². The largest absolute Gasteiger partial charge is 0.360 e. The molecule has 0 unspecified atom stereocenters. The Balaban J connectivity index is 1.53. The number of benzene rings is 2. The molecule has 0 saturated heterocycles. The third kappa shape index (κ3) is 5.40. The van der Waals surface area contributed by atoms with Crippen molar-refractivity contribution in [1.82, 2.24) is 15.6 Å². The van der Waals surface area contributed by atoms with Crippen LogP contribution in [0.4, 0.5) is 5.69 Å². The number of halogens is 2. The summed E-state index contributed by atoms with van der Waals surface area (Å²) in [4.78, 5) is 29.3. The highest BCUT2D eigenvalue weighted by Crippen LogP contribution is 2.36. The Morgan fingerprint density at radius 2 is 1.69 bits per heavy atom. The van der Waals surface area contributed by atoms with Gasteiger partial charge >= 0.3 is 0 Å². The van der Waals surface area contributed by atoms with E-state index in [9.17, 15) is 9.59 Å². The molecule has 176 valence electrons. The van der Waals surface area contributed by atoms with E-state index >= 15 is 0 Å². The third-order valence-corrected chi connectivity index (χ3v) is 5.71. The van der Waals surface area contributed by atoms with E-state index in [1.165, 1.54) is 6.20 Å². The molecule has 35 heavy (non-hydrogen) atoms. The van der Waals surface area contributed by atoms with Crippen molar-refractivity contribution >= 4 is 46.4 Å². The maximum Gasteiger partial charge on any atom is 0.277 e. The molecule has 4 aromatic rings. The second-order valence-electron chi connectivity index (χ2n) is 7.47. The fraction of sp³-hybridized carbons (Fsp3) is 0.0800. The number of aryl methyl sites for hydroxylation is 1. The predicted octanol–water partition coefficient (Wildman–Crippen LogP) is 5.76. The minimum atomic E-state index is -0.532. The lowest BCUT2D eigenvalue weighted by Gasteiger charge is -2.08. The normalized spacial score (nSPS) is 11.3. The van der Waals surface area contributed by atoms with Gasteiger partial charge in [0, 0.05) is 23.6 Å². The van der Waals surface area contributed by atoms with E-state index in [4.69, 9.17) is 27.7 Å². The first-order valence-corrected chi connectivity index (χ1v) is 11.2. The third-order valence-electron chi connectivity index (χ3n) is 5.08. The number of amides is 2. The van der Waals surface area contributed by atoms with Gasteiger partial charge in [-0.25, -0.2) is 5.43 Å². The Bertz CT molecular complexity index is 1410. The molecule has 0 spiro atoms. The average Bonchev–Trinajstić information content (AvgIpc) is 3.23. The number of pyridine rings is 1. The molecule has 2 heterocycles. The van der Waals surface area contributed by atoms with E-state index in [-0.39, 0.29) is 17.2 Å². The molecule has 8 nitrogen and oxygen atoms in total. The quantitative estimate of drug-likeness (QED) is 0.254. The lowest BCUT2D eigenvalue weighted by Crippen LogP contribution is -2.20. The van der Waals surface area contributed by atoms with Crippen LogP contribution in [-0.2, 0) is 0 Å². The van der Waals surface area contributed by atoms with Crippen LogP contribution in [0.15, 0.2) is 76.6 Å². The highest BCUT2D eigenvalue weighted by Gasteiger charge is 2.24. The lowest BCUT2D eigenvalue weighted by atomic mass is 10.1. The lowest BCUT2D eigenvalue weighted by molar-refractivity contribution is 0.0953. The first-order valence-electron chi connectivity index (χ1n) is 10.4. The van der Waals surface area contributed by atoms with E-state index in [2.05, 4.69) is 26.0 Å². The zero-order valence-corrected chi connectivity index (χ0v) is 20.2. The van der Waals surface area contributed by atoms with Crippen LogP contribution in [0, 0.1) is 6.92 Å². The van der Waals surface area contributed by atoms with Crippen molar-refractivity contribution in [3.63, 3.8) is 0 Å². The number of hydrogen-bond donors (Lipinski definition) is 2. The monoisotopic (exact) mass is 507 g/mol. The molecule has 0 atom stereocenters. The highest BCUT2D eigenvalue weighted by molar-refractivity contribution is 6.39. The van der Waals surface area contributed by atoms with Crippen molar-refractivity contribution in [1.29, 1.82) is 0 Å². The van der Waals surface area contributed by atoms with E-state index in [0.29, 0.717) is 43.9 Å². The number of carbonyl (C=O) groups is 2. The van der Waals surface area contributed by atoms with Crippen LogP contribution in [0.5, 0.6) is 0 Å². The molecule has 0 aliphatic heterocycles. The van der Waals surface area contributed by atoms with E-state index in [0.717, 1.165) is 0 Å². The number of hydrogen-bond acceptors (Lipinski definition) is 6. The molecule has 0 saturated carbocycles. The van der Waals surface area contributed by atoms with E-state index < -0.39 is 5.91 Å². The minimum absolute atomic E-state index is 0.175. The van der Waals surface area contributed by atoms with Crippen LogP contribution in [0.1, 0.15) is 39.0 Å². The average molecular weight is 508 g/mol. The Morgan fingerprint density at radius 1 is 0.971 bits per heavy atom. The van der Waals surface area contributed by atoms with Gasteiger partial charge in [0.25, 0.3) is 11.8 Å². The topological polar surface area (TPSA) is 109 Å². The van der Waals surface area contributed by atoms with Crippen LogP contribution >= 0.6 is 23.2 Å². The van der Waals surface area contributed by atoms with Gasteiger partial charge in [-0.1, -0.05) is 46.6 Å². The van der Waals surface area contributed by atoms with Gasteiger partial charge in [-0.15, -0.1) is 0 Å². The van der Waals surface area contributed by atoms with Crippen molar-refractivity contribution < 1.29 is 14.1 Å². The van der Waals surface area contributed by atoms with Gasteiger partial charge in [-0.05, 0) is 55.8 Å². The molecule has 2 N–H and O–H groups in total. The summed E-state index contributed by atoms with van der Waals surface area (Å²) in [6, 6.07) is 15.4. The van der Waals surface area contributed by atoms with Crippen molar-refractivity contribution in [2.75, 3.05) is 5.32 Å². The number of carbonyl (C=O) groups excluding carboxylic acids is 2. The number of rotatable bonds is 6. The number of aromatic nitrogens is 2. The fourth-order valence-corrected chi connectivity index (χ4v) is 3.89. The van der Waals surface area contributed by atoms with Crippen LogP contribution in [0.3, 0.4) is 0 Å². The second kappa shape index (κ2) is 10.5. The van der Waals surface area contributed by atoms with Gasteiger partial charge < -0.3 is 9.84 Å². The molecule has 0 bridgehead atoms. The van der Waals surface area contributed by atoms with E-state index in [1.54, 1.807) is 68.6 Å². The van der Waals surface area contributed by atoms with Gasteiger partial charge in [0.15, 0.2) is 0 Å². The Labute approximate surface area is 211 Å². The smallest absolute Gasteiger partial charge is 0.277 e. The van der Waals surface area contributed by atoms with Crippen molar-refractivity contribution in [2.24, 2.45) is 5.10 Å². The summed E-state index contributed by atoms with van der Waals surface area (Å²) >= 11 is 12.6. The fourth-order valence-electron chi connectivity index (χ4n) is 3.31. The number of hydrazone groups is 1. The Hall–Kier alpha value is -4.01. The predicted molar refractivity (Wildman–Crippen MR) is 135 cm³/mol. The zero-order chi connectivity index (χ0) is 24.9. The molecule has 2 amide bonds. The first kappa shape index (κ1) is 24.1. The van der Waals surface area contributed by atoms with Gasteiger partial charge in [-0.2, -0.15) is 5.10 Å². The van der Waals surface area contributed by atoms with Crippen LogP contribution in [-0.4, -0.2) is 27.7 Å². The molecular weight excluding hydrogens is 489 g/mol. The highest BCUT2D eigenvalue weighted by atomic mass is 35.5. The summed E-state index contributed by atoms with van der Waals surface area (Å²) in [5.41, 5.74) is 5.55. The molecule has 0 aliphatic rings. The standard InChI is InChI=1S/C25H19Cl2N5O3/c1-14(16-6-3-8-18(12-16)29-24(33)17-7-5-11-28-13-17)30-31-25(34)21-15(2)35-32-23(21)22-19(26)9-4-10-20(22)27/h3-13H,1-2H3,(H,29,33)(H,31,34)/b30-14+. The first-order chi connectivity index (χ1) is 16.8. The van der Waals surface area contributed by atoms with Gasteiger partial charge in [0.05, 0.1) is 21.3 Å². The summed E-state index contributed by atoms with van der Waals surface area (Å²) in [7, 11) is 0. The zero-order valence-electron chi connectivity index (χ0n) is 18.7. The molecule has 10 heteroatoms. The molecule has 4 rings (SSSR count). The van der Waals surface area contributed by atoms with Crippen molar-refractivity contribution in [3.8, 4) is 11.3 Å². The molecule has 2 aromatic carbocycles. The summed E-state index contributed by atoms with van der Waals surface area (Å²) in [5, 5.41) is 11.7. The van der Waals surface area contributed by atoms with Gasteiger partial charge in [-0.3, -0.25) is 14.6 Å². The molecule has 2 aromatic heterocycles.